The first-order valence-corrected chi connectivity index (χ1v) is 7.73. The topological polar surface area (TPSA) is 9.23 Å². The number of alkyl halides is 1. The van der Waals surface area contributed by atoms with Gasteiger partial charge in [0.15, 0.2) is 0 Å². The zero-order valence-corrected chi connectivity index (χ0v) is 12.0. The summed E-state index contributed by atoms with van der Waals surface area (Å²) >= 11 is 3.76. The number of ether oxygens (including phenoxy) is 1. The van der Waals surface area contributed by atoms with Crippen LogP contribution in [-0.4, -0.2) is 10.9 Å². The maximum atomic E-state index is 13.1. The minimum Gasteiger partial charge on any atom is -0.490 e. The van der Waals surface area contributed by atoms with Crippen molar-refractivity contribution < 1.29 is 9.13 Å². The maximum absolute atomic E-state index is 13.1. The monoisotopic (exact) mass is 312 g/mol. The zero-order chi connectivity index (χ0) is 12.5. The van der Waals surface area contributed by atoms with Crippen LogP contribution in [-0.2, 0) is 6.42 Å². The molecule has 1 heterocycles. The fourth-order valence-electron chi connectivity index (χ4n) is 2.68. The molecule has 2 atom stereocenters. The van der Waals surface area contributed by atoms with Crippen molar-refractivity contribution in [1.82, 2.24) is 0 Å². The van der Waals surface area contributed by atoms with Crippen LogP contribution in [0.1, 0.15) is 37.7 Å². The van der Waals surface area contributed by atoms with Crippen molar-refractivity contribution in [2.75, 3.05) is 0 Å². The summed E-state index contributed by atoms with van der Waals surface area (Å²) in [5.41, 5.74) is 1.03. The Labute approximate surface area is 116 Å². The van der Waals surface area contributed by atoms with Crippen LogP contribution in [0.2, 0.25) is 0 Å². The van der Waals surface area contributed by atoms with E-state index in [4.69, 9.17) is 4.74 Å². The Balaban J connectivity index is 1.45. The van der Waals surface area contributed by atoms with Gasteiger partial charge < -0.3 is 4.74 Å². The van der Waals surface area contributed by atoms with Crippen LogP contribution in [0.15, 0.2) is 18.2 Å². The van der Waals surface area contributed by atoms with E-state index in [0.29, 0.717) is 4.83 Å². The first kappa shape index (κ1) is 12.5. The van der Waals surface area contributed by atoms with Gasteiger partial charge in [-0.1, -0.05) is 15.9 Å². The van der Waals surface area contributed by atoms with Crippen LogP contribution in [0.5, 0.6) is 5.75 Å². The summed E-state index contributed by atoms with van der Waals surface area (Å²) in [6.07, 6.45) is 7.39. The predicted molar refractivity (Wildman–Crippen MR) is 73.8 cm³/mol. The zero-order valence-electron chi connectivity index (χ0n) is 10.4. The van der Waals surface area contributed by atoms with Gasteiger partial charge in [0.25, 0.3) is 0 Å². The van der Waals surface area contributed by atoms with Crippen molar-refractivity contribution in [2.24, 2.45) is 5.92 Å². The largest absolute Gasteiger partial charge is 0.490 e. The van der Waals surface area contributed by atoms with Crippen LogP contribution in [0.25, 0.3) is 0 Å². The molecule has 1 aliphatic heterocycles. The molecule has 0 spiro atoms. The van der Waals surface area contributed by atoms with Crippen molar-refractivity contribution in [3.8, 4) is 5.75 Å². The molecule has 1 nitrogen and oxygen atoms in total. The number of halogens is 2. The van der Waals surface area contributed by atoms with Crippen molar-refractivity contribution in [1.29, 1.82) is 0 Å². The highest BCUT2D eigenvalue weighted by Crippen LogP contribution is 2.39. The highest BCUT2D eigenvalue weighted by Gasteiger charge is 2.29. The van der Waals surface area contributed by atoms with E-state index in [1.165, 1.54) is 31.7 Å². The standard InChI is InChI=1S/C15H18BrFO/c16-14(10-4-5-10)3-1-2-13-9-11-8-12(17)6-7-15(11)18-13/h6-8,10,13-14H,1-5,9H2. The second-order valence-corrected chi connectivity index (χ2v) is 6.66. The van der Waals surface area contributed by atoms with Gasteiger partial charge in [-0.25, -0.2) is 4.39 Å². The molecule has 0 radical (unpaired) electrons. The molecule has 3 heteroatoms. The SMILES string of the molecule is Fc1ccc2c(c1)CC(CCCC(Br)C1CC1)O2. The van der Waals surface area contributed by atoms with Crippen molar-refractivity contribution in [3.05, 3.63) is 29.6 Å². The van der Waals surface area contributed by atoms with E-state index in [2.05, 4.69) is 15.9 Å². The number of rotatable bonds is 5. The third-order valence-electron chi connectivity index (χ3n) is 3.90. The van der Waals surface area contributed by atoms with Gasteiger partial charge in [0.05, 0.1) is 0 Å². The number of benzene rings is 1. The van der Waals surface area contributed by atoms with Crippen LogP contribution in [0.3, 0.4) is 0 Å². The molecular formula is C15H18BrFO. The molecular weight excluding hydrogens is 295 g/mol. The first-order chi connectivity index (χ1) is 8.72. The Kier molecular flexibility index (Phi) is 3.60. The summed E-state index contributed by atoms with van der Waals surface area (Å²) < 4.78 is 18.9. The van der Waals surface area contributed by atoms with E-state index in [0.717, 1.165) is 30.1 Å². The molecule has 1 saturated carbocycles. The smallest absolute Gasteiger partial charge is 0.123 e. The van der Waals surface area contributed by atoms with Gasteiger partial charge in [-0.2, -0.15) is 0 Å². The summed E-state index contributed by atoms with van der Waals surface area (Å²) in [6.45, 7) is 0. The van der Waals surface area contributed by atoms with Crippen LogP contribution in [0, 0.1) is 11.7 Å². The normalized spacial score (nSPS) is 23.6. The molecule has 1 aromatic rings. The van der Waals surface area contributed by atoms with Gasteiger partial charge in [0.2, 0.25) is 0 Å². The second-order valence-electron chi connectivity index (χ2n) is 5.48. The molecule has 1 aromatic carbocycles. The maximum Gasteiger partial charge on any atom is 0.123 e. The predicted octanol–water partition coefficient (Wildman–Crippen LogP) is 4.47. The summed E-state index contributed by atoms with van der Waals surface area (Å²) in [5, 5.41) is 0. The second kappa shape index (κ2) is 5.20. The van der Waals surface area contributed by atoms with Crippen molar-refractivity contribution in [3.63, 3.8) is 0 Å². The molecule has 98 valence electrons. The molecule has 0 aromatic heterocycles. The highest BCUT2D eigenvalue weighted by atomic mass is 79.9. The lowest BCUT2D eigenvalue weighted by atomic mass is 10.0. The van der Waals surface area contributed by atoms with Crippen LogP contribution < -0.4 is 4.74 Å². The average Bonchev–Trinajstić information content (AvgIpc) is 3.11. The molecule has 0 saturated heterocycles. The lowest BCUT2D eigenvalue weighted by Crippen LogP contribution is -2.13. The van der Waals surface area contributed by atoms with E-state index >= 15 is 0 Å². The summed E-state index contributed by atoms with van der Waals surface area (Å²) in [4.78, 5) is 0.693. The Morgan fingerprint density at radius 1 is 1.39 bits per heavy atom. The lowest BCUT2D eigenvalue weighted by Gasteiger charge is -2.12. The molecule has 2 aliphatic rings. The molecule has 1 fully saturated rings. The Hall–Kier alpha value is -0.570. The molecule has 0 amide bonds. The third kappa shape index (κ3) is 2.87. The fraction of sp³-hybridized carbons (Fsp3) is 0.600. The van der Waals surface area contributed by atoms with E-state index in [1.807, 2.05) is 0 Å². The van der Waals surface area contributed by atoms with Gasteiger partial charge in [-0.05, 0) is 56.2 Å². The lowest BCUT2D eigenvalue weighted by molar-refractivity contribution is 0.216. The van der Waals surface area contributed by atoms with Gasteiger partial charge in [0, 0.05) is 16.8 Å². The average molecular weight is 313 g/mol. The summed E-state index contributed by atoms with van der Waals surface area (Å²) in [7, 11) is 0. The molecule has 0 N–H and O–H groups in total. The van der Waals surface area contributed by atoms with Crippen molar-refractivity contribution in [2.45, 2.75) is 49.5 Å². The number of hydrogen-bond acceptors (Lipinski definition) is 1. The highest BCUT2D eigenvalue weighted by molar-refractivity contribution is 9.09. The van der Waals surface area contributed by atoms with E-state index in [9.17, 15) is 4.39 Å². The van der Waals surface area contributed by atoms with E-state index in [-0.39, 0.29) is 11.9 Å². The quantitative estimate of drug-likeness (QED) is 0.729. The van der Waals surface area contributed by atoms with Crippen LogP contribution >= 0.6 is 15.9 Å². The van der Waals surface area contributed by atoms with Gasteiger partial charge >= 0.3 is 0 Å². The molecule has 18 heavy (non-hydrogen) atoms. The number of fused-ring (bicyclic) bond motifs is 1. The summed E-state index contributed by atoms with van der Waals surface area (Å²) in [5.74, 6) is 1.63. The molecule has 1 aliphatic carbocycles. The fourth-order valence-corrected chi connectivity index (χ4v) is 3.54. The van der Waals surface area contributed by atoms with Gasteiger partial charge in [-0.3, -0.25) is 0 Å². The first-order valence-electron chi connectivity index (χ1n) is 6.81. The third-order valence-corrected chi connectivity index (χ3v) is 5.11. The minimum absolute atomic E-state index is 0.160. The molecule has 2 unspecified atom stereocenters. The Morgan fingerprint density at radius 2 is 2.22 bits per heavy atom. The summed E-state index contributed by atoms with van der Waals surface area (Å²) in [6, 6.07) is 4.83. The Bertz CT molecular complexity index is 431. The van der Waals surface area contributed by atoms with Gasteiger partial charge in [0.1, 0.15) is 17.7 Å². The van der Waals surface area contributed by atoms with Gasteiger partial charge in [-0.15, -0.1) is 0 Å². The van der Waals surface area contributed by atoms with E-state index in [1.54, 1.807) is 12.1 Å². The molecule has 3 rings (SSSR count). The van der Waals surface area contributed by atoms with Crippen LogP contribution in [0.4, 0.5) is 4.39 Å². The minimum atomic E-state index is -0.160. The molecule has 0 bridgehead atoms. The van der Waals surface area contributed by atoms with E-state index < -0.39 is 0 Å². The van der Waals surface area contributed by atoms with Crippen molar-refractivity contribution >= 4 is 15.9 Å². The number of hydrogen-bond donors (Lipinski definition) is 0. The Morgan fingerprint density at radius 3 is 3.00 bits per heavy atom.